The first kappa shape index (κ1) is 10.4. The van der Waals surface area contributed by atoms with Crippen molar-refractivity contribution in [3.8, 4) is 0 Å². The van der Waals surface area contributed by atoms with E-state index in [0.717, 1.165) is 13.1 Å². The second-order valence-corrected chi connectivity index (χ2v) is 4.37. The van der Waals surface area contributed by atoms with Gasteiger partial charge in [0, 0.05) is 7.11 Å². The molecule has 0 aromatic rings. The van der Waals surface area contributed by atoms with Crippen LogP contribution in [-0.4, -0.2) is 37.8 Å². The summed E-state index contributed by atoms with van der Waals surface area (Å²) in [7, 11) is 1.85. The van der Waals surface area contributed by atoms with Crippen molar-refractivity contribution in [3.63, 3.8) is 0 Å². The molecule has 1 saturated heterocycles. The van der Waals surface area contributed by atoms with Crippen LogP contribution in [0.2, 0.25) is 0 Å². The van der Waals surface area contributed by atoms with E-state index in [0.29, 0.717) is 0 Å². The lowest BCUT2D eigenvalue weighted by molar-refractivity contribution is -0.0356. The summed E-state index contributed by atoms with van der Waals surface area (Å²) < 4.78 is 5.63. The van der Waals surface area contributed by atoms with Crippen molar-refractivity contribution in [1.29, 1.82) is 0 Å². The number of nitrogens with one attached hydrogen (secondary N) is 1. The van der Waals surface area contributed by atoms with E-state index in [1.165, 1.54) is 25.0 Å². The van der Waals surface area contributed by atoms with E-state index in [9.17, 15) is 0 Å². The van der Waals surface area contributed by atoms with E-state index < -0.39 is 0 Å². The minimum absolute atomic E-state index is 0.189. The quantitative estimate of drug-likeness (QED) is 0.724. The van der Waals surface area contributed by atoms with E-state index in [4.69, 9.17) is 4.74 Å². The Balaban J connectivity index is 2.37. The van der Waals surface area contributed by atoms with Gasteiger partial charge in [-0.25, -0.2) is 0 Å². The number of piperidine rings is 1. The van der Waals surface area contributed by atoms with Crippen LogP contribution in [0.4, 0.5) is 0 Å². The van der Waals surface area contributed by atoms with Crippen LogP contribution >= 0.6 is 11.8 Å². The first-order valence-corrected chi connectivity index (χ1v) is 5.97. The molecule has 0 atom stereocenters. The molecule has 1 heterocycles. The van der Waals surface area contributed by atoms with Crippen molar-refractivity contribution in [2.45, 2.75) is 24.9 Å². The topological polar surface area (TPSA) is 21.3 Å². The molecule has 72 valence electrons. The number of hydrogen-bond acceptors (Lipinski definition) is 3. The molecule has 1 aliphatic rings. The highest BCUT2D eigenvalue weighted by Gasteiger charge is 2.30. The van der Waals surface area contributed by atoms with Gasteiger partial charge in [0.15, 0.2) is 0 Å². The minimum atomic E-state index is 0.189. The fourth-order valence-electron chi connectivity index (χ4n) is 1.73. The highest BCUT2D eigenvalue weighted by molar-refractivity contribution is 7.98. The summed E-state index contributed by atoms with van der Waals surface area (Å²) >= 11 is 1.91. The van der Waals surface area contributed by atoms with Gasteiger partial charge in [-0.2, -0.15) is 11.8 Å². The van der Waals surface area contributed by atoms with Crippen LogP contribution in [0, 0.1) is 0 Å². The van der Waals surface area contributed by atoms with Gasteiger partial charge >= 0.3 is 0 Å². The van der Waals surface area contributed by atoms with Gasteiger partial charge in [0.1, 0.15) is 0 Å². The molecule has 0 spiro atoms. The van der Waals surface area contributed by atoms with Gasteiger partial charge in [-0.15, -0.1) is 0 Å². The molecule has 0 aromatic carbocycles. The molecule has 1 N–H and O–H groups in total. The summed E-state index contributed by atoms with van der Waals surface area (Å²) in [5.41, 5.74) is 0.189. The predicted octanol–water partition coefficient (Wildman–Crippen LogP) is 1.51. The monoisotopic (exact) mass is 189 g/mol. The van der Waals surface area contributed by atoms with Crippen LogP contribution < -0.4 is 5.32 Å². The summed E-state index contributed by atoms with van der Waals surface area (Å²) in [4.78, 5) is 0. The third-order valence-electron chi connectivity index (χ3n) is 2.71. The molecule has 0 aromatic heterocycles. The normalized spacial score (nSPS) is 22.5. The molecule has 3 heteroatoms. The van der Waals surface area contributed by atoms with Gasteiger partial charge in [-0.1, -0.05) is 0 Å². The average molecular weight is 189 g/mol. The summed E-state index contributed by atoms with van der Waals surface area (Å²) in [6.45, 7) is 2.23. The smallest absolute Gasteiger partial charge is 0.0710 e. The fourth-order valence-corrected chi connectivity index (χ4v) is 2.30. The summed E-state index contributed by atoms with van der Waals surface area (Å²) in [5.74, 6) is 1.22. The lowest BCUT2D eigenvalue weighted by Gasteiger charge is -2.36. The lowest BCUT2D eigenvalue weighted by Crippen LogP contribution is -2.43. The summed E-state index contributed by atoms with van der Waals surface area (Å²) in [6, 6.07) is 0. The SMILES string of the molecule is COC1(CCSC)CCNCC1. The van der Waals surface area contributed by atoms with Crippen molar-refractivity contribution in [1.82, 2.24) is 5.32 Å². The molecular formula is C9H19NOS. The number of ether oxygens (including phenoxy) is 1. The molecule has 2 nitrogen and oxygen atoms in total. The molecule has 0 aliphatic carbocycles. The molecule has 12 heavy (non-hydrogen) atoms. The van der Waals surface area contributed by atoms with E-state index in [-0.39, 0.29) is 5.60 Å². The summed E-state index contributed by atoms with van der Waals surface area (Å²) in [5, 5.41) is 3.36. The Morgan fingerprint density at radius 1 is 1.42 bits per heavy atom. The Bertz CT molecular complexity index is 124. The van der Waals surface area contributed by atoms with Crippen molar-refractivity contribution in [2.24, 2.45) is 0 Å². The minimum Gasteiger partial charge on any atom is -0.378 e. The van der Waals surface area contributed by atoms with Crippen LogP contribution in [0.1, 0.15) is 19.3 Å². The highest BCUT2D eigenvalue weighted by atomic mass is 32.2. The fraction of sp³-hybridized carbons (Fsp3) is 1.00. The molecule has 0 unspecified atom stereocenters. The largest absolute Gasteiger partial charge is 0.378 e. The number of methoxy groups -OCH3 is 1. The third kappa shape index (κ3) is 2.64. The van der Waals surface area contributed by atoms with Crippen molar-refractivity contribution in [3.05, 3.63) is 0 Å². The highest BCUT2D eigenvalue weighted by Crippen LogP contribution is 2.27. The Morgan fingerprint density at radius 3 is 2.58 bits per heavy atom. The predicted molar refractivity (Wildman–Crippen MR) is 54.8 cm³/mol. The Labute approximate surface area is 79.4 Å². The number of hydrogen-bond donors (Lipinski definition) is 1. The summed E-state index contributed by atoms with van der Waals surface area (Å²) in [6.07, 6.45) is 5.70. The third-order valence-corrected chi connectivity index (χ3v) is 3.32. The van der Waals surface area contributed by atoms with Crippen LogP contribution in [0.15, 0.2) is 0 Å². The van der Waals surface area contributed by atoms with Gasteiger partial charge in [-0.3, -0.25) is 0 Å². The first-order valence-electron chi connectivity index (χ1n) is 4.58. The standard InChI is InChI=1S/C9H19NOS/c1-11-9(5-8-12-2)3-6-10-7-4-9/h10H,3-8H2,1-2H3. The van der Waals surface area contributed by atoms with E-state index >= 15 is 0 Å². The van der Waals surface area contributed by atoms with Crippen LogP contribution in [0.25, 0.3) is 0 Å². The van der Waals surface area contributed by atoms with E-state index in [1.54, 1.807) is 0 Å². The molecular weight excluding hydrogens is 170 g/mol. The van der Waals surface area contributed by atoms with Gasteiger partial charge in [0.2, 0.25) is 0 Å². The second kappa shape index (κ2) is 5.10. The van der Waals surface area contributed by atoms with Gasteiger partial charge in [0.05, 0.1) is 5.60 Å². The molecule has 0 amide bonds. The van der Waals surface area contributed by atoms with Crippen LogP contribution in [0.5, 0.6) is 0 Å². The molecule has 1 rings (SSSR count). The molecule has 0 saturated carbocycles. The van der Waals surface area contributed by atoms with E-state index in [1.807, 2.05) is 18.9 Å². The Morgan fingerprint density at radius 2 is 2.08 bits per heavy atom. The Hall–Kier alpha value is 0.270. The van der Waals surface area contributed by atoms with Crippen molar-refractivity contribution in [2.75, 3.05) is 32.2 Å². The van der Waals surface area contributed by atoms with Crippen molar-refractivity contribution >= 4 is 11.8 Å². The zero-order valence-corrected chi connectivity index (χ0v) is 8.88. The molecule has 1 fully saturated rings. The molecule has 1 aliphatic heterocycles. The molecule has 0 radical (unpaired) electrons. The zero-order valence-electron chi connectivity index (χ0n) is 8.06. The van der Waals surface area contributed by atoms with Gasteiger partial charge in [0.25, 0.3) is 0 Å². The maximum atomic E-state index is 5.63. The second-order valence-electron chi connectivity index (χ2n) is 3.38. The number of thioether (sulfide) groups is 1. The van der Waals surface area contributed by atoms with Gasteiger partial charge in [-0.05, 0) is 44.4 Å². The Kier molecular flexibility index (Phi) is 4.40. The van der Waals surface area contributed by atoms with Crippen LogP contribution in [0.3, 0.4) is 0 Å². The maximum Gasteiger partial charge on any atom is 0.0710 e. The van der Waals surface area contributed by atoms with E-state index in [2.05, 4.69) is 11.6 Å². The maximum absolute atomic E-state index is 5.63. The number of rotatable bonds is 4. The van der Waals surface area contributed by atoms with Crippen molar-refractivity contribution < 1.29 is 4.74 Å². The average Bonchev–Trinajstić information content (AvgIpc) is 2.16. The lowest BCUT2D eigenvalue weighted by atomic mass is 9.89. The first-order chi connectivity index (χ1) is 5.83. The molecule has 0 bridgehead atoms. The van der Waals surface area contributed by atoms with Gasteiger partial charge < -0.3 is 10.1 Å². The van der Waals surface area contributed by atoms with Crippen LogP contribution in [-0.2, 0) is 4.74 Å². The zero-order chi connectivity index (χ0) is 8.86.